The van der Waals surface area contributed by atoms with Gasteiger partial charge in [-0.1, -0.05) is 18.2 Å². The number of rotatable bonds is 6. The molecule has 168 valence electrons. The van der Waals surface area contributed by atoms with Crippen molar-refractivity contribution < 1.29 is 33.3 Å². The minimum Gasteiger partial charge on any atom is -0.496 e. The van der Waals surface area contributed by atoms with E-state index < -0.39 is 18.0 Å². The molecule has 2 aromatic carbocycles. The summed E-state index contributed by atoms with van der Waals surface area (Å²) in [7, 11) is 1.53. The Morgan fingerprint density at radius 1 is 1.06 bits per heavy atom. The summed E-state index contributed by atoms with van der Waals surface area (Å²) in [4.78, 5) is 38.8. The Morgan fingerprint density at radius 2 is 1.84 bits per heavy atom. The number of nitrogens with one attached hydrogen (secondary N) is 2. The molecule has 1 saturated heterocycles. The van der Waals surface area contributed by atoms with Crippen LogP contribution in [0.25, 0.3) is 0 Å². The van der Waals surface area contributed by atoms with E-state index >= 15 is 0 Å². The molecule has 2 N–H and O–H groups in total. The highest BCUT2D eigenvalue weighted by molar-refractivity contribution is 6.35. The Labute approximate surface area is 184 Å². The fraction of sp³-hybridized carbons (Fsp3) is 0.318. The normalized spacial score (nSPS) is 16.5. The number of ether oxygens (including phenoxy) is 4. The zero-order chi connectivity index (χ0) is 22.5. The molecule has 0 spiro atoms. The molecule has 1 atom stereocenters. The summed E-state index contributed by atoms with van der Waals surface area (Å²) in [6.45, 7) is 0.945. The molecule has 10 nitrogen and oxygen atoms in total. The summed E-state index contributed by atoms with van der Waals surface area (Å²) in [5, 5.41) is 5.08. The average Bonchev–Trinajstić information content (AvgIpc) is 3.49. The van der Waals surface area contributed by atoms with E-state index in [1.165, 1.54) is 12.0 Å². The van der Waals surface area contributed by atoms with Crippen LogP contribution in [0.5, 0.6) is 17.2 Å². The highest BCUT2D eigenvalue weighted by atomic mass is 16.7. The van der Waals surface area contributed by atoms with Crippen molar-refractivity contribution in [3.05, 3.63) is 53.6 Å². The fourth-order valence-electron chi connectivity index (χ4n) is 3.48. The van der Waals surface area contributed by atoms with Gasteiger partial charge in [0.2, 0.25) is 6.79 Å². The van der Waals surface area contributed by atoms with E-state index in [2.05, 4.69) is 10.6 Å². The molecule has 1 fully saturated rings. The van der Waals surface area contributed by atoms with Crippen LogP contribution in [0.2, 0.25) is 0 Å². The molecular formula is C22H23N3O7. The van der Waals surface area contributed by atoms with Crippen LogP contribution in [-0.4, -0.2) is 62.4 Å². The maximum atomic E-state index is 12.9. The quantitative estimate of drug-likeness (QED) is 0.633. The van der Waals surface area contributed by atoms with Crippen molar-refractivity contribution in [3.8, 4) is 17.2 Å². The lowest BCUT2D eigenvalue weighted by molar-refractivity contribution is -0.139. The molecule has 0 saturated carbocycles. The molecule has 2 aliphatic rings. The van der Waals surface area contributed by atoms with Gasteiger partial charge in [0, 0.05) is 24.2 Å². The van der Waals surface area contributed by atoms with Gasteiger partial charge < -0.3 is 34.5 Å². The van der Waals surface area contributed by atoms with Crippen molar-refractivity contribution in [2.45, 2.75) is 12.8 Å². The van der Waals surface area contributed by atoms with Gasteiger partial charge in [0.1, 0.15) is 12.0 Å². The highest BCUT2D eigenvalue weighted by Crippen LogP contribution is 2.33. The van der Waals surface area contributed by atoms with Crippen LogP contribution in [0.15, 0.2) is 42.5 Å². The Bertz CT molecular complexity index is 1030. The Hall–Kier alpha value is -3.79. The molecule has 0 aromatic heterocycles. The number of nitrogens with zero attached hydrogens (tertiary/aromatic N) is 1. The number of para-hydroxylation sites is 1. The fourth-order valence-corrected chi connectivity index (χ4v) is 3.48. The van der Waals surface area contributed by atoms with Gasteiger partial charge in [0.05, 0.1) is 20.3 Å². The number of carbonyl (C=O) groups excluding carboxylic acids is 3. The first-order chi connectivity index (χ1) is 15.6. The molecule has 0 aliphatic carbocycles. The Kier molecular flexibility index (Phi) is 6.41. The maximum absolute atomic E-state index is 12.9. The van der Waals surface area contributed by atoms with Gasteiger partial charge in [-0.05, 0) is 24.3 Å². The molecule has 3 amide bonds. The zero-order valence-electron chi connectivity index (χ0n) is 17.5. The Morgan fingerprint density at radius 3 is 2.69 bits per heavy atom. The minimum absolute atomic E-state index is 0.0167. The van der Waals surface area contributed by atoms with Crippen LogP contribution in [0.4, 0.5) is 0 Å². The van der Waals surface area contributed by atoms with Crippen molar-refractivity contribution in [1.29, 1.82) is 0 Å². The molecule has 2 heterocycles. The monoisotopic (exact) mass is 441 g/mol. The van der Waals surface area contributed by atoms with Crippen LogP contribution < -0.4 is 24.8 Å². The number of hydrogen-bond acceptors (Lipinski definition) is 7. The van der Waals surface area contributed by atoms with Crippen molar-refractivity contribution in [3.63, 3.8) is 0 Å². The molecule has 0 radical (unpaired) electrons. The molecule has 32 heavy (non-hydrogen) atoms. The van der Waals surface area contributed by atoms with E-state index in [0.717, 1.165) is 5.56 Å². The van der Waals surface area contributed by atoms with Gasteiger partial charge in [-0.15, -0.1) is 0 Å². The van der Waals surface area contributed by atoms with Crippen molar-refractivity contribution in [2.24, 2.45) is 0 Å². The number of fused-ring (bicyclic) bond motifs is 1. The molecule has 2 aliphatic heterocycles. The van der Waals surface area contributed by atoms with Gasteiger partial charge in [-0.3, -0.25) is 14.4 Å². The highest BCUT2D eigenvalue weighted by Gasteiger charge is 2.32. The number of carbonyl (C=O) groups is 3. The summed E-state index contributed by atoms with van der Waals surface area (Å²) >= 11 is 0. The molecule has 0 unspecified atom stereocenters. The first-order valence-electron chi connectivity index (χ1n) is 10.1. The summed E-state index contributed by atoms with van der Waals surface area (Å²) in [6.07, 6.45) is -0.682. The zero-order valence-corrected chi connectivity index (χ0v) is 17.5. The molecule has 0 bridgehead atoms. The maximum Gasteiger partial charge on any atom is 0.309 e. The van der Waals surface area contributed by atoms with E-state index in [9.17, 15) is 14.4 Å². The smallest absolute Gasteiger partial charge is 0.309 e. The predicted octanol–water partition coefficient (Wildman–Crippen LogP) is 0.655. The van der Waals surface area contributed by atoms with Crippen LogP contribution in [0.1, 0.15) is 15.9 Å². The third kappa shape index (κ3) is 4.59. The molecule has 2 aromatic rings. The van der Waals surface area contributed by atoms with E-state index in [1.807, 2.05) is 12.1 Å². The minimum atomic E-state index is -0.814. The molecule has 10 heteroatoms. The van der Waals surface area contributed by atoms with Crippen LogP contribution in [0.3, 0.4) is 0 Å². The second-order valence-corrected chi connectivity index (χ2v) is 7.10. The second-order valence-electron chi connectivity index (χ2n) is 7.10. The lowest BCUT2D eigenvalue weighted by Crippen LogP contribution is -2.47. The predicted molar refractivity (Wildman–Crippen MR) is 111 cm³/mol. The third-order valence-electron chi connectivity index (χ3n) is 5.15. The lowest BCUT2D eigenvalue weighted by Gasteiger charge is -2.23. The van der Waals surface area contributed by atoms with Crippen molar-refractivity contribution >= 4 is 17.7 Å². The summed E-state index contributed by atoms with van der Waals surface area (Å²) in [5.74, 6) is -0.158. The molecule has 4 rings (SSSR count). The number of amides is 3. The summed E-state index contributed by atoms with van der Waals surface area (Å²) < 4.78 is 21.4. The van der Waals surface area contributed by atoms with Crippen molar-refractivity contribution in [2.75, 3.05) is 33.6 Å². The standard InChI is InChI=1S/C22H23N3O7/c1-29-16-5-3-2-4-15(16)11-23-20(26)21(27)24-12-19-25(8-9-30-19)22(28)14-6-7-17-18(10-14)32-13-31-17/h2-7,10,19H,8-9,11-13H2,1H3,(H,23,26)(H,24,27)/t19-/m0/s1. The van der Waals surface area contributed by atoms with E-state index in [4.69, 9.17) is 18.9 Å². The lowest BCUT2D eigenvalue weighted by atomic mass is 10.1. The third-order valence-corrected chi connectivity index (χ3v) is 5.15. The van der Waals surface area contributed by atoms with Gasteiger partial charge in [-0.25, -0.2) is 0 Å². The van der Waals surface area contributed by atoms with Crippen LogP contribution in [-0.2, 0) is 20.9 Å². The second kappa shape index (κ2) is 9.56. The van der Waals surface area contributed by atoms with Crippen LogP contribution in [0, 0.1) is 0 Å². The first kappa shape index (κ1) is 21.4. The van der Waals surface area contributed by atoms with Gasteiger partial charge >= 0.3 is 11.8 Å². The van der Waals surface area contributed by atoms with Crippen LogP contribution >= 0.6 is 0 Å². The first-order valence-corrected chi connectivity index (χ1v) is 10.1. The number of benzene rings is 2. The average molecular weight is 441 g/mol. The van der Waals surface area contributed by atoms with Gasteiger partial charge in [0.25, 0.3) is 5.91 Å². The topological polar surface area (TPSA) is 115 Å². The SMILES string of the molecule is COc1ccccc1CNC(=O)C(=O)NC[C@@H]1OCCN1C(=O)c1ccc2c(c1)OCO2. The van der Waals surface area contributed by atoms with Gasteiger partial charge in [-0.2, -0.15) is 0 Å². The largest absolute Gasteiger partial charge is 0.496 e. The number of hydrogen-bond donors (Lipinski definition) is 2. The molecular weight excluding hydrogens is 418 g/mol. The van der Waals surface area contributed by atoms with Crippen molar-refractivity contribution in [1.82, 2.24) is 15.5 Å². The van der Waals surface area contributed by atoms with E-state index in [-0.39, 0.29) is 25.8 Å². The summed E-state index contributed by atoms with van der Waals surface area (Å²) in [6, 6.07) is 12.1. The number of methoxy groups -OCH3 is 1. The van der Waals surface area contributed by atoms with Gasteiger partial charge in [0.15, 0.2) is 11.5 Å². The van der Waals surface area contributed by atoms with E-state index in [0.29, 0.717) is 36.0 Å². The summed E-state index contributed by atoms with van der Waals surface area (Å²) in [5.41, 5.74) is 1.17. The van der Waals surface area contributed by atoms with E-state index in [1.54, 1.807) is 30.3 Å². The Balaban J connectivity index is 1.30.